The molecule has 0 spiro atoms. The van der Waals surface area contributed by atoms with Crippen LogP contribution in [0.15, 0.2) is 22.6 Å². The topological polar surface area (TPSA) is 38.9 Å². The second-order valence-corrected chi connectivity index (χ2v) is 3.41. The van der Waals surface area contributed by atoms with Gasteiger partial charge in [-0.3, -0.25) is 0 Å². The molecule has 0 saturated heterocycles. The molecule has 2 rings (SSSR count). The smallest absolute Gasteiger partial charge is 0.223 e. The zero-order chi connectivity index (χ0) is 10.1. The molecule has 0 radical (unpaired) electrons. The molecule has 2 aromatic heterocycles. The van der Waals surface area contributed by atoms with Gasteiger partial charge in [0, 0.05) is 5.69 Å². The van der Waals surface area contributed by atoms with Gasteiger partial charge >= 0.3 is 0 Å². The van der Waals surface area contributed by atoms with Gasteiger partial charge in [-0.1, -0.05) is 0 Å². The third-order valence-electron chi connectivity index (χ3n) is 1.82. The van der Waals surface area contributed by atoms with Crippen LogP contribution in [0.2, 0.25) is 5.28 Å². The van der Waals surface area contributed by atoms with Gasteiger partial charge in [-0.2, -0.15) is 0 Å². The molecule has 0 unspecified atom stereocenters. The quantitative estimate of drug-likeness (QED) is 0.677. The van der Waals surface area contributed by atoms with Crippen LogP contribution in [0.5, 0.6) is 0 Å². The molecule has 0 saturated carbocycles. The lowest BCUT2D eigenvalue weighted by molar-refractivity contribution is 0.546. The maximum atomic E-state index is 5.74. The molecule has 0 amide bonds. The number of aryl methyl sites for hydroxylation is 2. The van der Waals surface area contributed by atoms with Crippen molar-refractivity contribution in [3.8, 4) is 11.5 Å². The maximum absolute atomic E-state index is 5.74. The van der Waals surface area contributed by atoms with Gasteiger partial charge < -0.3 is 4.42 Å². The molecule has 0 N–H and O–H groups in total. The fraction of sp³-hybridized carbons (Fsp3) is 0.200. The van der Waals surface area contributed by atoms with Crippen LogP contribution in [-0.2, 0) is 0 Å². The van der Waals surface area contributed by atoms with Crippen molar-refractivity contribution in [1.82, 2.24) is 9.97 Å². The maximum Gasteiger partial charge on any atom is 0.223 e. The van der Waals surface area contributed by atoms with Crippen LogP contribution in [-0.4, -0.2) is 9.97 Å². The van der Waals surface area contributed by atoms with E-state index in [4.69, 9.17) is 16.0 Å². The molecule has 4 heteroatoms. The van der Waals surface area contributed by atoms with Crippen molar-refractivity contribution < 1.29 is 4.42 Å². The van der Waals surface area contributed by atoms with E-state index in [0.29, 0.717) is 0 Å². The lowest BCUT2D eigenvalue weighted by atomic mass is 10.3. The fourth-order valence-electron chi connectivity index (χ4n) is 1.23. The fourth-order valence-corrected chi connectivity index (χ4v) is 1.46. The molecule has 14 heavy (non-hydrogen) atoms. The van der Waals surface area contributed by atoms with Gasteiger partial charge in [0.15, 0.2) is 5.76 Å². The minimum absolute atomic E-state index is 0.244. The van der Waals surface area contributed by atoms with Crippen molar-refractivity contribution in [3.05, 3.63) is 34.9 Å². The molecular weight excluding hydrogens is 200 g/mol. The monoisotopic (exact) mass is 208 g/mol. The van der Waals surface area contributed by atoms with Gasteiger partial charge in [-0.15, -0.1) is 0 Å². The Bertz CT molecular complexity index is 445. The molecule has 0 aromatic carbocycles. The van der Waals surface area contributed by atoms with E-state index in [1.807, 2.05) is 32.0 Å². The Morgan fingerprint density at radius 1 is 1.21 bits per heavy atom. The van der Waals surface area contributed by atoms with E-state index < -0.39 is 0 Å². The van der Waals surface area contributed by atoms with Crippen LogP contribution in [0, 0.1) is 13.8 Å². The van der Waals surface area contributed by atoms with E-state index in [9.17, 15) is 0 Å². The largest absolute Gasteiger partial charge is 0.460 e. The molecule has 0 aliphatic heterocycles. The van der Waals surface area contributed by atoms with Crippen molar-refractivity contribution in [3.63, 3.8) is 0 Å². The van der Waals surface area contributed by atoms with Crippen molar-refractivity contribution in [2.45, 2.75) is 13.8 Å². The molecular formula is C10H9ClN2O. The van der Waals surface area contributed by atoms with E-state index in [2.05, 4.69) is 9.97 Å². The number of hydrogen-bond donors (Lipinski definition) is 0. The van der Waals surface area contributed by atoms with E-state index in [-0.39, 0.29) is 5.28 Å². The van der Waals surface area contributed by atoms with Crippen LogP contribution in [0.25, 0.3) is 11.5 Å². The van der Waals surface area contributed by atoms with E-state index in [0.717, 1.165) is 22.9 Å². The number of rotatable bonds is 1. The molecule has 2 heterocycles. The Balaban J connectivity index is 2.51. The first kappa shape index (κ1) is 9.21. The number of hydrogen-bond acceptors (Lipinski definition) is 3. The van der Waals surface area contributed by atoms with E-state index in [1.165, 1.54) is 0 Å². The summed E-state index contributed by atoms with van der Waals surface area (Å²) in [4.78, 5) is 8.06. The van der Waals surface area contributed by atoms with Crippen molar-refractivity contribution in [2.24, 2.45) is 0 Å². The van der Waals surface area contributed by atoms with Gasteiger partial charge in [-0.05, 0) is 43.6 Å². The van der Waals surface area contributed by atoms with Crippen LogP contribution < -0.4 is 0 Å². The lowest BCUT2D eigenvalue weighted by Crippen LogP contribution is -1.89. The van der Waals surface area contributed by atoms with Gasteiger partial charge in [0.05, 0.1) is 0 Å². The van der Waals surface area contributed by atoms with Crippen molar-refractivity contribution in [1.29, 1.82) is 0 Å². The summed E-state index contributed by atoms with van der Waals surface area (Å²) in [6.07, 6.45) is 0. The Hall–Kier alpha value is -1.35. The normalized spacial score (nSPS) is 10.5. The van der Waals surface area contributed by atoms with Crippen LogP contribution in [0.1, 0.15) is 11.5 Å². The number of halogens is 1. The first-order chi connectivity index (χ1) is 6.65. The third-order valence-corrected chi connectivity index (χ3v) is 1.99. The number of nitrogens with zero attached hydrogens (tertiary/aromatic N) is 2. The zero-order valence-electron chi connectivity index (χ0n) is 7.91. The highest BCUT2D eigenvalue weighted by Crippen LogP contribution is 2.21. The molecule has 0 fully saturated rings. The predicted octanol–water partition coefficient (Wildman–Crippen LogP) is 3.01. The van der Waals surface area contributed by atoms with Gasteiger partial charge in [-0.25, -0.2) is 9.97 Å². The summed E-state index contributed by atoms with van der Waals surface area (Å²) in [6, 6.07) is 5.60. The van der Waals surface area contributed by atoms with Gasteiger partial charge in [0.25, 0.3) is 0 Å². The van der Waals surface area contributed by atoms with E-state index >= 15 is 0 Å². The third kappa shape index (κ3) is 1.77. The molecule has 72 valence electrons. The molecule has 2 aromatic rings. The number of aromatic nitrogens is 2. The Morgan fingerprint density at radius 2 is 2.00 bits per heavy atom. The summed E-state index contributed by atoms with van der Waals surface area (Å²) in [5.74, 6) is 1.57. The van der Waals surface area contributed by atoms with Gasteiger partial charge in [0.2, 0.25) is 5.28 Å². The minimum Gasteiger partial charge on any atom is -0.460 e. The minimum atomic E-state index is 0.244. The lowest BCUT2D eigenvalue weighted by Gasteiger charge is -1.98. The Morgan fingerprint density at radius 3 is 2.57 bits per heavy atom. The summed E-state index contributed by atoms with van der Waals surface area (Å²) in [5, 5.41) is 0.244. The van der Waals surface area contributed by atoms with Crippen LogP contribution in [0.3, 0.4) is 0 Å². The summed E-state index contributed by atoms with van der Waals surface area (Å²) in [6.45, 7) is 3.76. The number of furan rings is 1. The highest BCUT2D eigenvalue weighted by Gasteiger charge is 2.06. The summed E-state index contributed by atoms with van der Waals surface area (Å²) < 4.78 is 5.43. The van der Waals surface area contributed by atoms with Crippen LogP contribution in [0.4, 0.5) is 0 Å². The Kier molecular flexibility index (Phi) is 2.25. The van der Waals surface area contributed by atoms with Crippen molar-refractivity contribution in [2.75, 3.05) is 0 Å². The second-order valence-electron chi connectivity index (χ2n) is 3.07. The zero-order valence-corrected chi connectivity index (χ0v) is 8.67. The first-order valence-corrected chi connectivity index (χ1v) is 4.61. The second kappa shape index (κ2) is 3.42. The SMILES string of the molecule is Cc1cc(-c2ccc(C)o2)nc(Cl)n1. The standard InChI is InChI=1S/C10H9ClN2O/c1-6-5-8(13-10(11)12-6)9-4-3-7(2)14-9/h3-5H,1-2H3. The highest BCUT2D eigenvalue weighted by molar-refractivity contribution is 6.28. The first-order valence-electron chi connectivity index (χ1n) is 4.23. The Labute approximate surface area is 86.8 Å². The molecule has 0 bridgehead atoms. The average Bonchev–Trinajstić information content (AvgIpc) is 2.50. The van der Waals surface area contributed by atoms with Crippen LogP contribution >= 0.6 is 11.6 Å². The predicted molar refractivity (Wildman–Crippen MR) is 54.2 cm³/mol. The summed E-state index contributed by atoms with van der Waals surface area (Å²) in [5.41, 5.74) is 1.55. The molecule has 3 nitrogen and oxygen atoms in total. The molecule has 0 aliphatic carbocycles. The average molecular weight is 209 g/mol. The van der Waals surface area contributed by atoms with Gasteiger partial charge in [0.1, 0.15) is 11.5 Å². The summed E-state index contributed by atoms with van der Waals surface area (Å²) in [7, 11) is 0. The van der Waals surface area contributed by atoms with E-state index in [1.54, 1.807) is 0 Å². The molecule has 0 atom stereocenters. The summed E-state index contributed by atoms with van der Waals surface area (Å²) >= 11 is 5.74. The van der Waals surface area contributed by atoms with Crippen molar-refractivity contribution >= 4 is 11.6 Å². The highest BCUT2D eigenvalue weighted by atomic mass is 35.5. The molecule has 0 aliphatic rings.